The highest BCUT2D eigenvalue weighted by Crippen LogP contribution is 2.30. The number of carboxylic acid groups (broad SMARTS) is 1. The lowest BCUT2D eigenvalue weighted by atomic mass is 9.97. The molecule has 0 bridgehead atoms. The second-order valence-corrected chi connectivity index (χ2v) is 6.17. The van der Waals surface area contributed by atoms with Gasteiger partial charge in [-0.05, 0) is 47.9 Å². The van der Waals surface area contributed by atoms with Gasteiger partial charge >= 0.3 is 5.97 Å². The maximum absolute atomic E-state index is 12.3. The number of carbonyl (C=O) groups is 2. The second-order valence-electron chi connectivity index (χ2n) is 5.22. The molecule has 0 unspecified atom stereocenters. The summed E-state index contributed by atoms with van der Waals surface area (Å²) < 4.78 is 1.12. The van der Waals surface area contributed by atoms with Crippen LogP contribution >= 0.6 is 11.3 Å². The molecule has 0 atom stereocenters. The van der Waals surface area contributed by atoms with Crippen molar-refractivity contribution in [3.8, 4) is 0 Å². The van der Waals surface area contributed by atoms with Crippen molar-refractivity contribution in [3.05, 3.63) is 35.2 Å². The van der Waals surface area contributed by atoms with Gasteiger partial charge in [-0.15, -0.1) is 11.3 Å². The largest absolute Gasteiger partial charge is 0.480 e. The van der Waals surface area contributed by atoms with Gasteiger partial charge in [0.2, 0.25) is 0 Å². The Morgan fingerprint density at radius 2 is 1.95 bits per heavy atom. The Labute approximate surface area is 120 Å². The molecule has 104 valence electrons. The first-order valence-electron chi connectivity index (χ1n) is 6.64. The molecule has 1 fully saturated rings. The summed E-state index contributed by atoms with van der Waals surface area (Å²) in [4.78, 5) is 23.8. The summed E-state index contributed by atoms with van der Waals surface area (Å²) in [5.74, 6) is -1.23. The van der Waals surface area contributed by atoms with Crippen LogP contribution in [0.4, 0.5) is 0 Å². The van der Waals surface area contributed by atoms with Crippen LogP contribution in [0.3, 0.4) is 0 Å². The number of fused-ring (bicyclic) bond motifs is 1. The van der Waals surface area contributed by atoms with Gasteiger partial charge in [-0.2, -0.15) is 0 Å². The van der Waals surface area contributed by atoms with Crippen molar-refractivity contribution in [1.29, 1.82) is 0 Å². The number of carboxylic acids is 1. The van der Waals surface area contributed by atoms with Crippen LogP contribution in [-0.2, 0) is 4.79 Å². The van der Waals surface area contributed by atoms with Gasteiger partial charge in [0.1, 0.15) is 5.54 Å². The first kappa shape index (κ1) is 13.1. The summed E-state index contributed by atoms with van der Waals surface area (Å²) in [6, 6.07) is 7.42. The molecule has 1 aromatic heterocycles. The summed E-state index contributed by atoms with van der Waals surface area (Å²) in [7, 11) is 0. The van der Waals surface area contributed by atoms with Crippen LogP contribution in [0.25, 0.3) is 10.1 Å². The van der Waals surface area contributed by atoms with Crippen molar-refractivity contribution in [2.75, 3.05) is 0 Å². The number of nitrogens with one attached hydrogen (secondary N) is 1. The van der Waals surface area contributed by atoms with Crippen molar-refractivity contribution in [1.82, 2.24) is 5.32 Å². The van der Waals surface area contributed by atoms with E-state index in [0.717, 1.165) is 22.9 Å². The van der Waals surface area contributed by atoms with Crippen LogP contribution in [-0.4, -0.2) is 22.5 Å². The van der Waals surface area contributed by atoms with Crippen LogP contribution in [0, 0.1) is 0 Å². The van der Waals surface area contributed by atoms with Gasteiger partial charge in [-0.1, -0.05) is 12.8 Å². The van der Waals surface area contributed by atoms with Crippen molar-refractivity contribution in [2.45, 2.75) is 31.2 Å². The number of aliphatic carboxylic acids is 1. The van der Waals surface area contributed by atoms with Gasteiger partial charge in [0.05, 0.1) is 0 Å². The Hall–Kier alpha value is -1.88. The number of hydrogen-bond donors (Lipinski definition) is 2. The SMILES string of the molecule is O=C(NC1(C(=O)O)CCCC1)c1ccc2sccc2c1. The fourth-order valence-corrected chi connectivity index (χ4v) is 3.54. The number of carbonyl (C=O) groups excluding carboxylic acids is 1. The first-order valence-corrected chi connectivity index (χ1v) is 7.52. The van der Waals surface area contributed by atoms with Crippen molar-refractivity contribution in [2.24, 2.45) is 0 Å². The predicted octanol–water partition coefficient (Wildman–Crippen LogP) is 3.03. The maximum atomic E-state index is 12.3. The van der Waals surface area contributed by atoms with E-state index >= 15 is 0 Å². The Kier molecular flexibility index (Phi) is 3.22. The van der Waals surface area contributed by atoms with Crippen LogP contribution < -0.4 is 5.32 Å². The number of amides is 1. The lowest BCUT2D eigenvalue weighted by Crippen LogP contribution is -2.52. The number of hydrogen-bond acceptors (Lipinski definition) is 3. The molecule has 0 radical (unpaired) electrons. The van der Waals surface area contributed by atoms with Crippen LogP contribution in [0.15, 0.2) is 29.6 Å². The molecule has 5 heteroatoms. The molecule has 1 aromatic carbocycles. The zero-order valence-corrected chi connectivity index (χ0v) is 11.7. The van der Waals surface area contributed by atoms with E-state index in [1.165, 1.54) is 0 Å². The smallest absolute Gasteiger partial charge is 0.329 e. The third-order valence-corrected chi connectivity index (χ3v) is 4.83. The van der Waals surface area contributed by atoms with Crippen LogP contribution in [0.2, 0.25) is 0 Å². The fraction of sp³-hybridized carbons (Fsp3) is 0.333. The normalized spacial score (nSPS) is 17.2. The average Bonchev–Trinajstić information content (AvgIpc) is 3.06. The topological polar surface area (TPSA) is 66.4 Å². The molecule has 0 spiro atoms. The monoisotopic (exact) mass is 289 g/mol. The van der Waals surface area contributed by atoms with Gasteiger partial charge in [0, 0.05) is 10.3 Å². The summed E-state index contributed by atoms with van der Waals surface area (Å²) in [5, 5.41) is 15.1. The van der Waals surface area contributed by atoms with Gasteiger partial charge in [-0.3, -0.25) is 4.79 Å². The summed E-state index contributed by atoms with van der Waals surface area (Å²) in [6.45, 7) is 0. The number of benzene rings is 1. The van der Waals surface area contributed by atoms with E-state index in [2.05, 4.69) is 5.32 Å². The molecule has 20 heavy (non-hydrogen) atoms. The average molecular weight is 289 g/mol. The molecule has 3 rings (SSSR count). The molecule has 1 saturated carbocycles. The third-order valence-electron chi connectivity index (χ3n) is 3.93. The second kappa shape index (κ2) is 4.90. The van der Waals surface area contributed by atoms with Gasteiger partial charge in [0.15, 0.2) is 0 Å². The molecule has 0 aliphatic heterocycles. The quantitative estimate of drug-likeness (QED) is 0.912. The Balaban J connectivity index is 1.86. The Morgan fingerprint density at radius 1 is 1.20 bits per heavy atom. The van der Waals surface area contributed by atoms with Crippen LogP contribution in [0.5, 0.6) is 0 Å². The van der Waals surface area contributed by atoms with Crippen molar-refractivity contribution < 1.29 is 14.7 Å². The third kappa shape index (κ3) is 2.18. The highest BCUT2D eigenvalue weighted by molar-refractivity contribution is 7.17. The van der Waals surface area contributed by atoms with Crippen LogP contribution in [0.1, 0.15) is 36.0 Å². The standard InChI is InChI=1S/C15H15NO3S/c17-13(16-15(14(18)19)6-1-2-7-15)11-3-4-12-10(9-11)5-8-20-12/h3-5,8-9H,1-2,6-7H2,(H,16,17)(H,18,19). The van der Waals surface area contributed by atoms with Gasteiger partial charge in [0.25, 0.3) is 5.91 Å². The summed E-state index contributed by atoms with van der Waals surface area (Å²) in [6.07, 6.45) is 2.70. The summed E-state index contributed by atoms with van der Waals surface area (Å²) in [5.41, 5.74) is -0.566. The number of thiophene rings is 1. The van der Waals surface area contributed by atoms with E-state index in [9.17, 15) is 14.7 Å². The summed E-state index contributed by atoms with van der Waals surface area (Å²) >= 11 is 1.62. The van der Waals surface area contributed by atoms with Gasteiger partial charge in [-0.25, -0.2) is 4.79 Å². The highest BCUT2D eigenvalue weighted by Gasteiger charge is 2.42. The van der Waals surface area contributed by atoms with E-state index in [1.807, 2.05) is 23.6 Å². The Bertz CT molecular complexity index is 671. The zero-order chi connectivity index (χ0) is 14.2. The lowest BCUT2D eigenvalue weighted by Gasteiger charge is -2.25. The lowest BCUT2D eigenvalue weighted by molar-refractivity contribution is -0.144. The maximum Gasteiger partial charge on any atom is 0.329 e. The minimum Gasteiger partial charge on any atom is -0.480 e. The van der Waals surface area contributed by atoms with E-state index < -0.39 is 11.5 Å². The van der Waals surface area contributed by atoms with E-state index in [0.29, 0.717) is 18.4 Å². The molecular weight excluding hydrogens is 274 g/mol. The molecule has 1 aliphatic carbocycles. The first-order chi connectivity index (χ1) is 9.61. The molecule has 0 saturated heterocycles. The molecule has 1 amide bonds. The van der Waals surface area contributed by atoms with Crippen molar-refractivity contribution in [3.63, 3.8) is 0 Å². The van der Waals surface area contributed by atoms with E-state index in [1.54, 1.807) is 17.4 Å². The fourth-order valence-electron chi connectivity index (χ4n) is 2.77. The molecule has 1 aliphatic rings. The minimum absolute atomic E-state index is 0.303. The van der Waals surface area contributed by atoms with Gasteiger partial charge < -0.3 is 10.4 Å². The molecule has 2 N–H and O–H groups in total. The molecule has 1 heterocycles. The Morgan fingerprint density at radius 3 is 2.65 bits per heavy atom. The molecule has 4 nitrogen and oxygen atoms in total. The minimum atomic E-state index is -1.08. The predicted molar refractivity (Wildman–Crippen MR) is 78.1 cm³/mol. The van der Waals surface area contributed by atoms with Crippen molar-refractivity contribution >= 4 is 33.3 Å². The molecule has 2 aromatic rings. The highest BCUT2D eigenvalue weighted by atomic mass is 32.1. The molecular formula is C15H15NO3S. The zero-order valence-electron chi connectivity index (χ0n) is 10.9. The number of rotatable bonds is 3. The van der Waals surface area contributed by atoms with E-state index in [4.69, 9.17) is 0 Å². The van der Waals surface area contributed by atoms with E-state index in [-0.39, 0.29) is 5.91 Å².